The SMILES string of the molecule is COc1cc([C@@H]2c3cc4c(cc3O[C@@]3(O)CCCC(=O)[C@H]23)OCO4)cc(OC)c1OC. The number of ether oxygens (including phenoxy) is 6. The van der Waals surface area contributed by atoms with Crippen LogP contribution in [0.1, 0.15) is 36.3 Å². The van der Waals surface area contributed by atoms with Crippen LogP contribution in [-0.4, -0.2) is 44.8 Å². The Morgan fingerprint density at radius 3 is 2.29 bits per heavy atom. The predicted molar refractivity (Wildman–Crippen MR) is 108 cm³/mol. The number of hydrogen-bond acceptors (Lipinski definition) is 8. The van der Waals surface area contributed by atoms with Gasteiger partial charge in [0.2, 0.25) is 18.3 Å². The van der Waals surface area contributed by atoms with Crippen molar-refractivity contribution in [3.63, 3.8) is 0 Å². The number of fused-ring (bicyclic) bond motifs is 3. The summed E-state index contributed by atoms with van der Waals surface area (Å²) in [4.78, 5) is 13.1. The van der Waals surface area contributed by atoms with Crippen LogP contribution >= 0.6 is 0 Å². The molecule has 164 valence electrons. The van der Waals surface area contributed by atoms with E-state index >= 15 is 0 Å². The fourth-order valence-corrected chi connectivity index (χ4v) is 4.93. The van der Waals surface area contributed by atoms with Crippen LogP contribution in [0.5, 0.6) is 34.5 Å². The summed E-state index contributed by atoms with van der Waals surface area (Å²) < 4.78 is 33.6. The number of ketones is 1. The Morgan fingerprint density at radius 1 is 0.968 bits per heavy atom. The van der Waals surface area contributed by atoms with E-state index in [9.17, 15) is 9.90 Å². The molecule has 8 nitrogen and oxygen atoms in total. The average Bonchev–Trinajstić information content (AvgIpc) is 3.22. The second kappa shape index (κ2) is 7.23. The van der Waals surface area contributed by atoms with E-state index in [2.05, 4.69) is 0 Å². The zero-order chi connectivity index (χ0) is 21.8. The van der Waals surface area contributed by atoms with Crippen LogP contribution in [0.3, 0.4) is 0 Å². The lowest BCUT2D eigenvalue weighted by atomic mass is 9.67. The highest BCUT2D eigenvalue weighted by Crippen LogP contribution is 2.55. The molecule has 0 saturated heterocycles. The highest BCUT2D eigenvalue weighted by molar-refractivity contribution is 5.85. The molecule has 1 aliphatic carbocycles. The maximum Gasteiger partial charge on any atom is 0.231 e. The normalized spacial score (nSPS) is 25.9. The largest absolute Gasteiger partial charge is 0.493 e. The third kappa shape index (κ3) is 2.96. The molecule has 1 saturated carbocycles. The van der Waals surface area contributed by atoms with E-state index in [1.807, 2.05) is 18.2 Å². The molecule has 2 heterocycles. The molecule has 3 atom stereocenters. The molecule has 0 amide bonds. The number of Topliss-reactive ketones (excluding diaryl/α,β-unsaturated/α-hetero) is 1. The van der Waals surface area contributed by atoms with E-state index in [1.165, 1.54) is 7.11 Å². The highest BCUT2D eigenvalue weighted by atomic mass is 16.7. The van der Waals surface area contributed by atoms with E-state index in [4.69, 9.17) is 28.4 Å². The Kier molecular flexibility index (Phi) is 4.62. The number of benzene rings is 2. The van der Waals surface area contributed by atoms with Crippen LogP contribution in [0.2, 0.25) is 0 Å². The zero-order valence-corrected chi connectivity index (χ0v) is 17.6. The van der Waals surface area contributed by atoms with Crippen LogP contribution in [0.4, 0.5) is 0 Å². The Bertz CT molecular complexity index is 1020. The van der Waals surface area contributed by atoms with Crippen LogP contribution in [0.25, 0.3) is 0 Å². The molecule has 2 aromatic carbocycles. The molecule has 8 heteroatoms. The molecule has 2 aromatic rings. The molecule has 0 bridgehead atoms. The molecule has 3 aliphatic rings. The van der Waals surface area contributed by atoms with Crippen molar-refractivity contribution < 1.29 is 38.3 Å². The van der Waals surface area contributed by atoms with Gasteiger partial charge in [-0.3, -0.25) is 4.79 Å². The lowest BCUT2D eigenvalue weighted by molar-refractivity contribution is -0.206. The fourth-order valence-electron chi connectivity index (χ4n) is 4.93. The Morgan fingerprint density at radius 2 is 1.65 bits per heavy atom. The lowest BCUT2D eigenvalue weighted by Crippen LogP contribution is -2.55. The van der Waals surface area contributed by atoms with Crippen molar-refractivity contribution in [2.24, 2.45) is 5.92 Å². The summed E-state index contributed by atoms with van der Waals surface area (Å²) in [6.45, 7) is 0.111. The lowest BCUT2D eigenvalue weighted by Gasteiger charge is -2.47. The van der Waals surface area contributed by atoms with E-state index < -0.39 is 17.6 Å². The molecule has 1 fully saturated rings. The number of carbonyl (C=O) groups excluding carboxylic acids is 1. The third-order valence-electron chi connectivity index (χ3n) is 6.30. The van der Waals surface area contributed by atoms with E-state index in [1.54, 1.807) is 20.3 Å². The summed E-state index contributed by atoms with van der Waals surface area (Å²) >= 11 is 0. The topological polar surface area (TPSA) is 92.7 Å². The smallest absolute Gasteiger partial charge is 0.231 e. The van der Waals surface area contributed by atoms with Crippen molar-refractivity contribution in [3.05, 3.63) is 35.4 Å². The zero-order valence-electron chi connectivity index (χ0n) is 17.6. The van der Waals surface area contributed by atoms with Crippen LogP contribution < -0.4 is 28.4 Å². The first kappa shape index (κ1) is 19.8. The van der Waals surface area contributed by atoms with Gasteiger partial charge in [0, 0.05) is 30.4 Å². The standard InChI is InChI=1S/C23H24O8/c1-26-18-7-12(8-19(27-2)22(18)28-3)20-13-9-16-17(30-11-29-16)10-15(13)31-23(25)6-4-5-14(24)21(20)23/h7-10,20-21,25H,4-6,11H2,1-3H3/t20-,21-,23+/m1/s1. The second-order valence-electron chi connectivity index (χ2n) is 7.92. The van der Waals surface area contributed by atoms with Gasteiger partial charge in [-0.2, -0.15) is 0 Å². The summed E-state index contributed by atoms with van der Waals surface area (Å²) in [6, 6.07) is 7.17. The minimum absolute atomic E-state index is 0.0455. The van der Waals surface area contributed by atoms with Crippen molar-refractivity contribution in [1.82, 2.24) is 0 Å². The van der Waals surface area contributed by atoms with E-state index in [0.717, 1.165) is 11.1 Å². The second-order valence-corrected chi connectivity index (χ2v) is 7.92. The van der Waals surface area contributed by atoms with E-state index in [-0.39, 0.29) is 12.6 Å². The van der Waals surface area contributed by atoms with Gasteiger partial charge in [0.25, 0.3) is 0 Å². The quantitative estimate of drug-likeness (QED) is 0.795. The number of aliphatic hydroxyl groups is 1. The van der Waals surface area contributed by atoms with Gasteiger partial charge >= 0.3 is 0 Å². The molecule has 31 heavy (non-hydrogen) atoms. The van der Waals surface area contributed by atoms with Crippen molar-refractivity contribution in [3.8, 4) is 34.5 Å². The number of methoxy groups -OCH3 is 3. The van der Waals surface area contributed by atoms with Crippen LogP contribution in [-0.2, 0) is 4.79 Å². The minimum Gasteiger partial charge on any atom is -0.493 e. The van der Waals surface area contributed by atoms with Gasteiger partial charge in [0.1, 0.15) is 11.5 Å². The molecule has 0 aromatic heterocycles. The Labute approximate surface area is 179 Å². The molecular formula is C23H24O8. The molecule has 1 N–H and O–H groups in total. The van der Waals surface area contributed by atoms with Gasteiger partial charge in [-0.1, -0.05) is 0 Å². The summed E-state index contributed by atoms with van der Waals surface area (Å²) in [7, 11) is 4.62. The van der Waals surface area contributed by atoms with Gasteiger partial charge in [-0.25, -0.2) is 0 Å². The van der Waals surface area contributed by atoms with Gasteiger partial charge in [-0.05, 0) is 30.2 Å². The fraction of sp³-hybridized carbons (Fsp3) is 0.435. The van der Waals surface area contributed by atoms with Crippen LogP contribution in [0, 0.1) is 5.92 Å². The molecule has 0 unspecified atom stereocenters. The first-order chi connectivity index (χ1) is 15.0. The molecule has 2 aliphatic heterocycles. The Hall–Kier alpha value is -3.13. The summed E-state index contributed by atoms with van der Waals surface area (Å²) in [5.41, 5.74) is 1.49. The molecule has 0 radical (unpaired) electrons. The first-order valence-corrected chi connectivity index (χ1v) is 10.2. The van der Waals surface area contributed by atoms with Gasteiger partial charge in [0.05, 0.1) is 27.2 Å². The monoisotopic (exact) mass is 428 g/mol. The first-order valence-electron chi connectivity index (χ1n) is 10.2. The van der Waals surface area contributed by atoms with Crippen molar-refractivity contribution in [2.75, 3.05) is 28.1 Å². The van der Waals surface area contributed by atoms with Gasteiger partial charge in [0.15, 0.2) is 23.0 Å². The molecule has 0 spiro atoms. The number of hydrogen-bond donors (Lipinski definition) is 1. The number of carbonyl (C=O) groups is 1. The predicted octanol–water partition coefficient (Wildman–Crippen LogP) is 3.02. The maximum absolute atomic E-state index is 13.1. The van der Waals surface area contributed by atoms with Crippen molar-refractivity contribution in [2.45, 2.75) is 31.0 Å². The minimum atomic E-state index is -1.61. The van der Waals surface area contributed by atoms with E-state index in [0.29, 0.717) is 53.8 Å². The third-order valence-corrected chi connectivity index (χ3v) is 6.30. The summed E-state index contributed by atoms with van der Waals surface area (Å²) in [6.07, 6.45) is 1.31. The molecule has 5 rings (SSSR count). The van der Waals surface area contributed by atoms with Crippen LogP contribution in [0.15, 0.2) is 24.3 Å². The number of rotatable bonds is 4. The highest BCUT2D eigenvalue weighted by Gasteiger charge is 2.55. The van der Waals surface area contributed by atoms with Gasteiger partial charge in [-0.15, -0.1) is 0 Å². The molecular weight excluding hydrogens is 404 g/mol. The van der Waals surface area contributed by atoms with Gasteiger partial charge < -0.3 is 33.5 Å². The van der Waals surface area contributed by atoms with Crippen molar-refractivity contribution >= 4 is 5.78 Å². The van der Waals surface area contributed by atoms with Crippen molar-refractivity contribution in [1.29, 1.82) is 0 Å². The average molecular weight is 428 g/mol. The maximum atomic E-state index is 13.1. The summed E-state index contributed by atoms with van der Waals surface area (Å²) in [5.74, 6) is 0.0574. The Balaban J connectivity index is 1.75. The summed E-state index contributed by atoms with van der Waals surface area (Å²) in [5, 5.41) is 11.4.